The van der Waals surface area contributed by atoms with E-state index in [2.05, 4.69) is 29.2 Å². The van der Waals surface area contributed by atoms with E-state index in [1.165, 1.54) is 18.5 Å². The van der Waals surface area contributed by atoms with Gasteiger partial charge >= 0.3 is 6.09 Å². The van der Waals surface area contributed by atoms with Crippen molar-refractivity contribution in [3.63, 3.8) is 0 Å². The van der Waals surface area contributed by atoms with Gasteiger partial charge in [0, 0.05) is 25.3 Å². The van der Waals surface area contributed by atoms with Crippen LogP contribution < -0.4 is 4.90 Å². The lowest BCUT2D eigenvalue weighted by Gasteiger charge is -2.34. The Morgan fingerprint density at radius 1 is 1.10 bits per heavy atom. The normalized spacial score (nSPS) is 23.1. The van der Waals surface area contributed by atoms with Crippen LogP contribution in [0.2, 0.25) is 0 Å². The molecule has 0 bridgehead atoms. The molecule has 1 aromatic rings. The van der Waals surface area contributed by atoms with Crippen LogP contribution in [0.1, 0.15) is 43.7 Å². The summed E-state index contributed by atoms with van der Waals surface area (Å²) in [5.74, 6) is 0. The van der Waals surface area contributed by atoms with Crippen molar-refractivity contribution >= 4 is 11.8 Å². The monoisotopic (exact) mass is 274 g/mol. The van der Waals surface area contributed by atoms with Gasteiger partial charge in [0.1, 0.15) is 0 Å². The fourth-order valence-corrected chi connectivity index (χ4v) is 3.41. The van der Waals surface area contributed by atoms with Crippen molar-refractivity contribution in [3.05, 3.63) is 29.8 Å². The maximum absolute atomic E-state index is 11.4. The first-order valence-electron chi connectivity index (χ1n) is 7.60. The Balaban J connectivity index is 1.84. The molecule has 108 valence electrons. The molecule has 2 heterocycles. The lowest BCUT2D eigenvalue weighted by Crippen LogP contribution is -2.37. The molecule has 2 aliphatic rings. The maximum Gasteiger partial charge on any atom is 0.407 e. The molecular formula is C16H22N2O2. The second kappa shape index (κ2) is 5.73. The van der Waals surface area contributed by atoms with E-state index < -0.39 is 6.09 Å². The Labute approximate surface area is 120 Å². The summed E-state index contributed by atoms with van der Waals surface area (Å²) >= 11 is 0. The molecule has 0 aromatic heterocycles. The van der Waals surface area contributed by atoms with Crippen LogP contribution in [0, 0.1) is 0 Å². The maximum atomic E-state index is 11.4. The van der Waals surface area contributed by atoms with E-state index in [1.807, 2.05) is 0 Å². The SMILES string of the molecule is O=C(O)N1CCCCC1c1cccc(N2CCCC2)c1. The molecule has 4 heteroatoms. The number of hydrogen-bond donors (Lipinski definition) is 1. The van der Waals surface area contributed by atoms with Crippen LogP contribution in [-0.2, 0) is 0 Å². The molecule has 1 amide bonds. The summed E-state index contributed by atoms with van der Waals surface area (Å²) in [5, 5.41) is 9.37. The fraction of sp³-hybridized carbons (Fsp3) is 0.562. The zero-order chi connectivity index (χ0) is 13.9. The van der Waals surface area contributed by atoms with Crippen LogP contribution in [0.3, 0.4) is 0 Å². The second-order valence-electron chi connectivity index (χ2n) is 5.78. The van der Waals surface area contributed by atoms with Gasteiger partial charge in [-0.2, -0.15) is 0 Å². The van der Waals surface area contributed by atoms with Crippen molar-refractivity contribution in [1.29, 1.82) is 0 Å². The molecule has 1 aromatic carbocycles. The van der Waals surface area contributed by atoms with Crippen LogP contribution in [0.5, 0.6) is 0 Å². The van der Waals surface area contributed by atoms with Gasteiger partial charge in [0.25, 0.3) is 0 Å². The number of benzene rings is 1. The molecule has 4 nitrogen and oxygen atoms in total. The van der Waals surface area contributed by atoms with Gasteiger partial charge in [-0.15, -0.1) is 0 Å². The highest BCUT2D eigenvalue weighted by atomic mass is 16.4. The minimum Gasteiger partial charge on any atom is -0.465 e. The van der Waals surface area contributed by atoms with E-state index in [4.69, 9.17) is 0 Å². The van der Waals surface area contributed by atoms with Crippen LogP contribution in [-0.4, -0.2) is 35.7 Å². The molecule has 0 aliphatic carbocycles. The summed E-state index contributed by atoms with van der Waals surface area (Å²) in [7, 11) is 0. The van der Waals surface area contributed by atoms with E-state index >= 15 is 0 Å². The molecule has 2 saturated heterocycles. The van der Waals surface area contributed by atoms with Crippen LogP contribution in [0.15, 0.2) is 24.3 Å². The third-order valence-corrected chi connectivity index (χ3v) is 4.47. The largest absolute Gasteiger partial charge is 0.465 e. The molecule has 0 saturated carbocycles. The highest BCUT2D eigenvalue weighted by Gasteiger charge is 2.28. The van der Waals surface area contributed by atoms with Crippen molar-refractivity contribution in [3.8, 4) is 0 Å². The van der Waals surface area contributed by atoms with Gasteiger partial charge in [-0.05, 0) is 49.8 Å². The van der Waals surface area contributed by atoms with Crippen LogP contribution in [0.4, 0.5) is 10.5 Å². The first-order chi connectivity index (χ1) is 9.75. The second-order valence-corrected chi connectivity index (χ2v) is 5.78. The predicted octanol–water partition coefficient (Wildman–Crippen LogP) is 3.49. The summed E-state index contributed by atoms with van der Waals surface area (Å²) in [4.78, 5) is 15.4. The minimum atomic E-state index is -0.790. The lowest BCUT2D eigenvalue weighted by molar-refractivity contribution is 0.107. The molecule has 1 atom stereocenters. The summed E-state index contributed by atoms with van der Waals surface area (Å²) < 4.78 is 0. The number of nitrogens with zero attached hydrogens (tertiary/aromatic N) is 2. The van der Waals surface area contributed by atoms with E-state index in [0.29, 0.717) is 6.54 Å². The third kappa shape index (κ3) is 2.60. The van der Waals surface area contributed by atoms with Crippen LogP contribution >= 0.6 is 0 Å². The Morgan fingerprint density at radius 3 is 2.60 bits per heavy atom. The number of amides is 1. The number of hydrogen-bond acceptors (Lipinski definition) is 2. The minimum absolute atomic E-state index is 0.0313. The van der Waals surface area contributed by atoms with E-state index in [-0.39, 0.29) is 6.04 Å². The van der Waals surface area contributed by atoms with E-state index in [0.717, 1.165) is 37.9 Å². The van der Waals surface area contributed by atoms with Crippen LogP contribution in [0.25, 0.3) is 0 Å². The smallest absolute Gasteiger partial charge is 0.407 e. The topological polar surface area (TPSA) is 43.8 Å². The number of anilines is 1. The molecular weight excluding hydrogens is 252 g/mol. The molecule has 1 N–H and O–H groups in total. The van der Waals surface area contributed by atoms with E-state index in [1.54, 1.807) is 4.90 Å². The Kier molecular flexibility index (Phi) is 3.81. The van der Waals surface area contributed by atoms with Crippen molar-refractivity contribution in [1.82, 2.24) is 4.90 Å². The van der Waals surface area contributed by atoms with Crippen molar-refractivity contribution in [2.75, 3.05) is 24.5 Å². The Bertz CT molecular complexity index is 483. The summed E-state index contributed by atoms with van der Waals surface area (Å²) in [6.45, 7) is 2.90. The zero-order valence-corrected chi connectivity index (χ0v) is 11.8. The summed E-state index contributed by atoms with van der Waals surface area (Å²) in [6.07, 6.45) is 4.76. The standard InChI is InChI=1S/C16H22N2O2/c19-16(20)18-11-2-1-8-15(18)13-6-5-7-14(12-13)17-9-3-4-10-17/h5-7,12,15H,1-4,8-11H2,(H,19,20). The van der Waals surface area contributed by atoms with Gasteiger partial charge in [0.15, 0.2) is 0 Å². The van der Waals surface area contributed by atoms with Crippen molar-refractivity contribution in [2.24, 2.45) is 0 Å². The number of carboxylic acid groups (broad SMARTS) is 1. The number of rotatable bonds is 2. The quantitative estimate of drug-likeness (QED) is 0.897. The molecule has 2 aliphatic heterocycles. The van der Waals surface area contributed by atoms with Gasteiger partial charge in [0.05, 0.1) is 6.04 Å². The molecule has 0 radical (unpaired) electrons. The van der Waals surface area contributed by atoms with Gasteiger partial charge in [-0.1, -0.05) is 12.1 Å². The third-order valence-electron chi connectivity index (χ3n) is 4.47. The molecule has 20 heavy (non-hydrogen) atoms. The zero-order valence-electron chi connectivity index (χ0n) is 11.8. The highest BCUT2D eigenvalue weighted by molar-refractivity contribution is 5.66. The number of likely N-dealkylation sites (tertiary alicyclic amines) is 1. The fourth-order valence-electron chi connectivity index (χ4n) is 3.41. The molecule has 3 rings (SSSR count). The van der Waals surface area contributed by atoms with Crippen molar-refractivity contribution in [2.45, 2.75) is 38.1 Å². The Hall–Kier alpha value is -1.71. The van der Waals surface area contributed by atoms with Gasteiger partial charge < -0.3 is 14.9 Å². The molecule has 2 fully saturated rings. The average molecular weight is 274 g/mol. The van der Waals surface area contributed by atoms with Crippen molar-refractivity contribution < 1.29 is 9.90 Å². The van der Waals surface area contributed by atoms with Gasteiger partial charge in [-0.3, -0.25) is 0 Å². The first kappa shape index (κ1) is 13.3. The Morgan fingerprint density at radius 2 is 1.85 bits per heavy atom. The lowest BCUT2D eigenvalue weighted by atomic mass is 9.95. The summed E-state index contributed by atoms with van der Waals surface area (Å²) in [6, 6.07) is 8.51. The molecule has 0 spiro atoms. The number of carbonyl (C=O) groups is 1. The average Bonchev–Trinajstić information content (AvgIpc) is 3.01. The first-order valence-corrected chi connectivity index (χ1v) is 7.60. The van der Waals surface area contributed by atoms with E-state index in [9.17, 15) is 9.90 Å². The van der Waals surface area contributed by atoms with Gasteiger partial charge in [0.2, 0.25) is 0 Å². The summed E-state index contributed by atoms with van der Waals surface area (Å²) in [5.41, 5.74) is 2.40. The number of piperidine rings is 1. The predicted molar refractivity (Wildman–Crippen MR) is 79.2 cm³/mol. The highest BCUT2D eigenvalue weighted by Crippen LogP contribution is 2.33. The van der Waals surface area contributed by atoms with Gasteiger partial charge in [-0.25, -0.2) is 4.79 Å². The molecule has 1 unspecified atom stereocenters.